The molecule has 0 saturated heterocycles. The Morgan fingerprint density at radius 1 is 1.25 bits per heavy atom. The van der Waals surface area contributed by atoms with E-state index in [2.05, 4.69) is 15.0 Å². The van der Waals surface area contributed by atoms with Gasteiger partial charge in [0.05, 0.1) is 16.7 Å². The minimum atomic E-state index is -2.26. The van der Waals surface area contributed by atoms with Crippen molar-refractivity contribution in [1.82, 2.24) is 19.5 Å². The van der Waals surface area contributed by atoms with E-state index in [0.717, 1.165) is 11.1 Å². The summed E-state index contributed by atoms with van der Waals surface area (Å²) >= 11 is 5.84. The smallest absolute Gasteiger partial charge is 0.222 e. The number of imidazole rings is 1. The van der Waals surface area contributed by atoms with Gasteiger partial charge in [0, 0.05) is 21.9 Å². The molecule has 0 unspecified atom stereocenters. The Balaban J connectivity index is 2.25. The molecule has 0 aliphatic rings. The molecule has 3 aromatic rings. The molecule has 0 N–H and O–H groups in total. The van der Waals surface area contributed by atoms with Crippen LogP contribution in [-0.2, 0) is 0 Å². The van der Waals surface area contributed by atoms with Crippen molar-refractivity contribution in [3.05, 3.63) is 41.6 Å². The summed E-state index contributed by atoms with van der Waals surface area (Å²) in [6, 6.07) is 7.26. The van der Waals surface area contributed by atoms with Crippen LogP contribution >= 0.6 is 11.6 Å². The van der Waals surface area contributed by atoms with Crippen LogP contribution in [-0.4, -0.2) is 19.5 Å². The number of benzene rings is 1. The van der Waals surface area contributed by atoms with Crippen molar-refractivity contribution >= 4 is 22.6 Å². The van der Waals surface area contributed by atoms with Crippen molar-refractivity contribution in [3.63, 3.8) is 0 Å². The topological polar surface area (TPSA) is 43.6 Å². The van der Waals surface area contributed by atoms with E-state index < -0.39 is 6.85 Å². The largest absolute Gasteiger partial charge is 0.326 e. The summed E-state index contributed by atoms with van der Waals surface area (Å²) in [6.45, 7) is 1.61. The molecular weight excluding hydrogens is 272 g/mol. The maximum atomic E-state index is 7.70. The minimum absolute atomic E-state index is 0.0281. The number of hydrogen-bond donors (Lipinski definition) is 0. The first-order valence-electron chi connectivity index (χ1n) is 7.79. The molecule has 2 heterocycles. The third kappa shape index (κ3) is 2.16. The fourth-order valence-corrected chi connectivity index (χ4v) is 2.42. The summed E-state index contributed by atoms with van der Waals surface area (Å²) in [6.07, 6.45) is 1.59. The second-order valence-corrected chi connectivity index (χ2v) is 5.15. The Labute approximate surface area is 126 Å². The Morgan fingerprint density at radius 3 is 2.80 bits per heavy atom. The molecule has 0 aliphatic carbocycles. The van der Waals surface area contributed by atoms with E-state index in [1.165, 1.54) is 0 Å². The van der Waals surface area contributed by atoms with E-state index in [1.807, 2.05) is 26.0 Å². The van der Waals surface area contributed by atoms with E-state index in [1.54, 1.807) is 22.9 Å². The number of fused-ring (bicyclic) bond motifs is 1. The van der Waals surface area contributed by atoms with Crippen LogP contribution in [0.15, 0.2) is 30.5 Å². The predicted molar refractivity (Wildman–Crippen MR) is 80.9 cm³/mol. The zero-order valence-corrected chi connectivity index (χ0v) is 11.9. The first kappa shape index (κ1) is 9.88. The molecule has 0 radical (unpaired) electrons. The van der Waals surface area contributed by atoms with Crippen molar-refractivity contribution in [2.75, 3.05) is 0 Å². The lowest BCUT2D eigenvalue weighted by Gasteiger charge is -2.11. The second-order valence-electron chi connectivity index (χ2n) is 4.81. The third-order valence-electron chi connectivity index (χ3n) is 3.13. The van der Waals surface area contributed by atoms with E-state index in [9.17, 15) is 0 Å². The van der Waals surface area contributed by atoms with Gasteiger partial charge in [-0.25, -0.2) is 15.0 Å². The van der Waals surface area contributed by atoms with Gasteiger partial charge in [-0.15, -0.1) is 0 Å². The molecule has 4 nitrogen and oxygen atoms in total. The van der Waals surface area contributed by atoms with E-state index in [4.69, 9.17) is 15.7 Å². The van der Waals surface area contributed by atoms with Gasteiger partial charge in [0.2, 0.25) is 5.28 Å². The molecule has 0 spiro atoms. The number of halogens is 1. The van der Waals surface area contributed by atoms with Gasteiger partial charge in [-0.05, 0) is 50.5 Å². The van der Waals surface area contributed by atoms with Gasteiger partial charge in [0.25, 0.3) is 0 Å². The lowest BCUT2D eigenvalue weighted by Crippen LogP contribution is -2.02. The Morgan fingerprint density at radius 2 is 2.10 bits per heavy atom. The van der Waals surface area contributed by atoms with Crippen LogP contribution in [0.2, 0.25) is 5.28 Å². The number of rotatable bonds is 2. The quantitative estimate of drug-likeness (QED) is 0.669. The fourth-order valence-electron chi connectivity index (χ4n) is 2.27. The number of nitrogens with zero attached hydrogens (tertiary/aromatic N) is 4. The summed E-state index contributed by atoms with van der Waals surface area (Å²) in [7, 11) is 0. The van der Waals surface area contributed by atoms with Crippen LogP contribution in [0.25, 0.3) is 22.3 Å². The fraction of sp³-hybridized carbons (Fsp3) is 0.267. The Kier molecular flexibility index (Phi) is 2.41. The molecule has 0 atom stereocenters. The molecule has 1 aromatic carbocycles. The number of aromatic nitrogens is 4. The molecule has 102 valence electrons. The number of aryl methyl sites for hydroxylation is 1. The van der Waals surface area contributed by atoms with E-state index in [0.29, 0.717) is 11.2 Å². The molecule has 0 saturated carbocycles. The average molecular weight is 290 g/mol. The maximum absolute atomic E-state index is 7.70. The van der Waals surface area contributed by atoms with Gasteiger partial charge in [-0.2, -0.15) is 0 Å². The predicted octanol–water partition coefficient (Wildman–Crippen LogP) is 4.04. The van der Waals surface area contributed by atoms with Crippen LogP contribution < -0.4 is 0 Å². The molecule has 0 amide bonds. The first-order chi connectivity index (χ1) is 10.8. The third-order valence-corrected chi connectivity index (χ3v) is 3.31. The summed E-state index contributed by atoms with van der Waals surface area (Å²) in [5.74, 6) is 0.0976. The second kappa shape index (κ2) is 4.87. The number of hydrogen-bond acceptors (Lipinski definition) is 3. The standard InChI is InChI=1S/C15H15ClN4/c1-9(2)20-10(3)18-13-5-4-11(8-14(13)20)12-6-7-17-15(16)19-12/h4-9H,1-3H3/i3D3. The van der Waals surface area contributed by atoms with E-state index >= 15 is 0 Å². The Hall–Kier alpha value is -1.94. The van der Waals surface area contributed by atoms with Gasteiger partial charge < -0.3 is 4.57 Å². The van der Waals surface area contributed by atoms with Gasteiger partial charge >= 0.3 is 0 Å². The zero-order valence-electron chi connectivity index (χ0n) is 14.1. The molecule has 0 aliphatic heterocycles. The van der Waals surface area contributed by atoms with Crippen LogP contribution in [0.1, 0.15) is 29.8 Å². The molecule has 20 heavy (non-hydrogen) atoms. The highest BCUT2D eigenvalue weighted by Gasteiger charge is 2.11. The summed E-state index contributed by atoms with van der Waals surface area (Å²) in [5.41, 5.74) is 2.92. The SMILES string of the molecule is [2H]C([2H])([2H])c1nc2ccc(-c3ccnc(Cl)n3)cc2n1C(C)C. The van der Waals surface area contributed by atoms with Gasteiger partial charge in [0.15, 0.2) is 0 Å². The Bertz CT molecular complexity index is 871. The summed E-state index contributed by atoms with van der Waals surface area (Å²) < 4.78 is 24.8. The van der Waals surface area contributed by atoms with E-state index in [-0.39, 0.29) is 17.1 Å². The molecule has 2 aromatic heterocycles. The normalized spacial score (nSPS) is 14.3. The van der Waals surface area contributed by atoms with Crippen molar-refractivity contribution < 1.29 is 4.11 Å². The summed E-state index contributed by atoms with van der Waals surface area (Å²) in [4.78, 5) is 12.4. The molecule has 3 rings (SSSR count). The van der Waals surface area contributed by atoms with Crippen LogP contribution in [0.3, 0.4) is 0 Å². The van der Waals surface area contributed by atoms with Crippen LogP contribution in [0.5, 0.6) is 0 Å². The minimum Gasteiger partial charge on any atom is -0.326 e. The van der Waals surface area contributed by atoms with Gasteiger partial charge in [-0.1, -0.05) is 6.07 Å². The van der Waals surface area contributed by atoms with Gasteiger partial charge in [-0.3, -0.25) is 0 Å². The first-order valence-corrected chi connectivity index (χ1v) is 6.66. The highest BCUT2D eigenvalue weighted by atomic mass is 35.5. The van der Waals surface area contributed by atoms with Crippen molar-refractivity contribution in [2.45, 2.75) is 26.7 Å². The zero-order chi connectivity index (χ0) is 16.8. The monoisotopic (exact) mass is 289 g/mol. The van der Waals surface area contributed by atoms with Gasteiger partial charge in [0.1, 0.15) is 5.82 Å². The highest BCUT2D eigenvalue weighted by Crippen LogP contribution is 2.26. The molecule has 0 fully saturated rings. The van der Waals surface area contributed by atoms with Crippen molar-refractivity contribution in [3.8, 4) is 11.3 Å². The summed E-state index contributed by atoms with van der Waals surface area (Å²) in [5, 5.41) is 0.170. The van der Waals surface area contributed by atoms with Crippen LogP contribution in [0.4, 0.5) is 0 Å². The van der Waals surface area contributed by atoms with Crippen molar-refractivity contribution in [1.29, 1.82) is 0 Å². The lowest BCUT2D eigenvalue weighted by molar-refractivity contribution is 0.600. The molecular formula is C15H15ClN4. The van der Waals surface area contributed by atoms with Crippen molar-refractivity contribution in [2.24, 2.45) is 0 Å². The van der Waals surface area contributed by atoms with Crippen LogP contribution in [0, 0.1) is 6.85 Å². The average Bonchev–Trinajstić information content (AvgIpc) is 2.86. The maximum Gasteiger partial charge on any atom is 0.222 e. The lowest BCUT2D eigenvalue weighted by atomic mass is 10.1. The highest BCUT2D eigenvalue weighted by molar-refractivity contribution is 6.28. The molecule has 5 heteroatoms. The molecule has 0 bridgehead atoms.